The molecule has 88 valence electrons. The summed E-state index contributed by atoms with van der Waals surface area (Å²) in [6, 6.07) is 4.84. The van der Waals surface area contributed by atoms with E-state index in [1.807, 2.05) is 0 Å². The van der Waals surface area contributed by atoms with Crippen LogP contribution in [0.4, 0.5) is 4.39 Å². The van der Waals surface area contributed by atoms with E-state index in [2.05, 4.69) is 27.7 Å². The van der Waals surface area contributed by atoms with E-state index < -0.39 is 0 Å². The summed E-state index contributed by atoms with van der Waals surface area (Å²) in [6.07, 6.45) is 1.17. The highest BCUT2D eigenvalue weighted by Crippen LogP contribution is 2.46. The van der Waals surface area contributed by atoms with Crippen LogP contribution in [-0.4, -0.2) is 6.10 Å². The molecule has 2 unspecified atom stereocenters. The first kappa shape index (κ1) is 11.4. The van der Waals surface area contributed by atoms with Gasteiger partial charge in [0.2, 0.25) is 0 Å². The molecule has 0 spiro atoms. The lowest BCUT2D eigenvalue weighted by Crippen LogP contribution is -2.30. The molecule has 16 heavy (non-hydrogen) atoms. The molecule has 1 heterocycles. The summed E-state index contributed by atoms with van der Waals surface area (Å²) in [7, 11) is 0. The number of hydrogen-bond acceptors (Lipinski definition) is 1. The molecule has 1 aromatic carbocycles. The Labute approximate surface area is 96.6 Å². The van der Waals surface area contributed by atoms with Gasteiger partial charge in [-0.2, -0.15) is 0 Å². The van der Waals surface area contributed by atoms with Gasteiger partial charge in [-0.1, -0.05) is 20.8 Å². The molecule has 1 nitrogen and oxygen atoms in total. The van der Waals surface area contributed by atoms with Gasteiger partial charge >= 0.3 is 0 Å². The maximum atomic E-state index is 13.3. The first-order valence-corrected chi connectivity index (χ1v) is 5.84. The summed E-state index contributed by atoms with van der Waals surface area (Å²) in [4.78, 5) is 0. The normalized spacial score (nSPS) is 24.8. The third-order valence-electron chi connectivity index (χ3n) is 3.29. The van der Waals surface area contributed by atoms with Crippen LogP contribution in [0.25, 0.3) is 0 Å². The number of rotatable bonds is 0. The molecule has 0 aliphatic carbocycles. The Balaban J connectivity index is 2.47. The Morgan fingerprint density at radius 2 is 2.00 bits per heavy atom. The molecule has 0 fully saturated rings. The van der Waals surface area contributed by atoms with E-state index in [0.29, 0.717) is 5.92 Å². The second kappa shape index (κ2) is 3.76. The predicted molar refractivity (Wildman–Crippen MR) is 63.3 cm³/mol. The summed E-state index contributed by atoms with van der Waals surface area (Å²) in [6.45, 7) is 8.67. The summed E-state index contributed by atoms with van der Waals surface area (Å²) in [5.41, 5.74) is 1.16. The molecule has 0 bridgehead atoms. The van der Waals surface area contributed by atoms with Crippen LogP contribution in [-0.2, 0) is 0 Å². The van der Waals surface area contributed by atoms with Crippen LogP contribution in [0.1, 0.15) is 45.6 Å². The molecule has 0 saturated heterocycles. The molecule has 0 radical (unpaired) electrons. The molecule has 2 rings (SSSR count). The van der Waals surface area contributed by atoms with E-state index in [9.17, 15) is 4.39 Å². The third-order valence-corrected chi connectivity index (χ3v) is 3.29. The monoisotopic (exact) mass is 222 g/mol. The van der Waals surface area contributed by atoms with Crippen molar-refractivity contribution in [2.75, 3.05) is 0 Å². The third kappa shape index (κ3) is 2.06. The van der Waals surface area contributed by atoms with Crippen LogP contribution < -0.4 is 4.74 Å². The minimum absolute atomic E-state index is 0.139. The van der Waals surface area contributed by atoms with Crippen molar-refractivity contribution in [2.45, 2.75) is 46.1 Å². The van der Waals surface area contributed by atoms with Crippen molar-refractivity contribution < 1.29 is 9.13 Å². The van der Waals surface area contributed by atoms with Crippen LogP contribution in [0, 0.1) is 11.2 Å². The topological polar surface area (TPSA) is 9.23 Å². The van der Waals surface area contributed by atoms with Crippen molar-refractivity contribution in [1.82, 2.24) is 0 Å². The zero-order valence-corrected chi connectivity index (χ0v) is 10.4. The highest BCUT2D eigenvalue weighted by Gasteiger charge is 2.34. The van der Waals surface area contributed by atoms with Crippen molar-refractivity contribution in [3.05, 3.63) is 29.6 Å². The van der Waals surface area contributed by atoms with Gasteiger partial charge in [-0.05, 0) is 42.9 Å². The van der Waals surface area contributed by atoms with Gasteiger partial charge in [0.15, 0.2) is 0 Å². The van der Waals surface area contributed by atoms with Crippen molar-refractivity contribution >= 4 is 0 Å². The lowest BCUT2D eigenvalue weighted by atomic mass is 9.72. The van der Waals surface area contributed by atoms with Gasteiger partial charge in [-0.25, -0.2) is 4.39 Å². The average molecular weight is 222 g/mol. The minimum atomic E-state index is -0.175. The molecule has 0 N–H and O–H groups in total. The van der Waals surface area contributed by atoms with Crippen LogP contribution in [0.5, 0.6) is 5.75 Å². The number of halogens is 1. The number of hydrogen-bond donors (Lipinski definition) is 0. The molecule has 1 aliphatic heterocycles. The number of ether oxygens (including phenoxy) is 1. The SMILES string of the molecule is CC1CC(C(C)(C)C)c2cc(F)ccc2O1. The largest absolute Gasteiger partial charge is 0.490 e. The fraction of sp³-hybridized carbons (Fsp3) is 0.571. The highest BCUT2D eigenvalue weighted by molar-refractivity contribution is 5.39. The summed E-state index contributed by atoms with van der Waals surface area (Å²) >= 11 is 0. The van der Waals surface area contributed by atoms with Gasteiger partial charge in [0.1, 0.15) is 11.6 Å². The van der Waals surface area contributed by atoms with E-state index in [1.165, 1.54) is 6.07 Å². The lowest BCUT2D eigenvalue weighted by molar-refractivity contribution is 0.137. The van der Waals surface area contributed by atoms with Gasteiger partial charge in [0, 0.05) is 5.56 Å². The highest BCUT2D eigenvalue weighted by atomic mass is 19.1. The smallest absolute Gasteiger partial charge is 0.123 e. The van der Waals surface area contributed by atoms with E-state index in [-0.39, 0.29) is 17.3 Å². The van der Waals surface area contributed by atoms with E-state index in [0.717, 1.165) is 17.7 Å². The Hall–Kier alpha value is -1.05. The molecule has 0 amide bonds. The standard InChI is InChI=1S/C14H19FO/c1-9-7-12(14(2,3)4)11-8-10(15)5-6-13(11)16-9/h5-6,8-9,12H,7H2,1-4H3. The van der Waals surface area contributed by atoms with Gasteiger partial charge in [-0.15, -0.1) is 0 Å². The first-order valence-electron chi connectivity index (χ1n) is 5.84. The molecule has 1 aromatic rings. The van der Waals surface area contributed by atoms with Gasteiger partial charge in [-0.3, -0.25) is 0 Å². The van der Waals surface area contributed by atoms with Crippen molar-refractivity contribution in [1.29, 1.82) is 0 Å². The zero-order valence-electron chi connectivity index (χ0n) is 10.4. The lowest BCUT2D eigenvalue weighted by Gasteiger charge is -2.38. The number of benzene rings is 1. The fourth-order valence-corrected chi connectivity index (χ4v) is 2.44. The summed E-state index contributed by atoms with van der Waals surface area (Å²) in [5, 5.41) is 0. The van der Waals surface area contributed by atoms with Crippen molar-refractivity contribution in [3.8, 4) is 5.75 Å². The van der Waals surface area contributed by atoms with Crippen LogP contribution in [0.15, 0.2) is 18.2 Å². The Bertz CT molecular complexity index is 392. The second-order valence-corrected chi connectivity index (χ2v) is 5.76. The molecular weight excluding hydrogens is 203 g/mol. The summed E-state index contributed by atoms with van der Waals surface area (Å²) < 4.78 is 19.0. The molecule has 1 aliphatic rings. The van der Waals surface area contributed by atoms with Crippen LogP contribution in [0.2, 0.25) is 0 Å². The number of fused-ring (bicyclic) bond motifs is 1. The van der Waals surface area contributed by atoms with E-state index in [1.54, 1.807) is 12.1 Å². The predicted octanol–water partition coefficient (Wildman–Crippen LogP) is 4.13. The maximum Gasteiger partial charge on any atom is 0.123 e. The van der Waals surface area contributed by atoms with Crippen LogP contribution >= 0.6 is 0 Å². The maximum absolute atomic E-state index is 13.3. The Kier molecular flexibility index (Phi) is 2.69. The first-order chi connectivity index (χ1) is 7.38. The quantitative estimate of drug-likeness (QED) is 0.641. The minimum Gasteiger partial charge on any atom is -0.490 e. The van der Waals surface area contributed by atoms with Gasteiger partial charge in [0.25, 0.3) is 0 Å². The van der Waals surface area contributed by atoms with E-state index in [4.69, 9.17) is 4.74 Å². The molecule has 2 atom stereocenters. The molecule has 2 heteroatoms. The summed E-state index contributed by atoms with van der Waals surface area (Å²) in [5.74, 6) is 1.04. The second-order valence-electron chi connectivity index (χ2n) is 5.76. The van der Waals surface area contributed by atoms with Crippen molar-refractivity contribution in [2.24, 2.45) is 5.41 Å². The Morgan fingerprint density at radius 3 is 2.62 bits per heavy atom. The molecular formula is C14H19FO. The average Bonchev–Trinajstić information content (AvgIpc) is 2.16. The van der Waals surface area contributed by atoms with Gasteiger partial charge < -0.3 is 4.74 Å². The fourth-order valence-electron chi connectivity index (χ4n) is 2.44. The Morgan fingerprint density at radius 1 is 1.31 bits per heavy atom. The van der Waals surface area contributed by atoms with Gasteiger partial charge in [0.05, 0.1) is 6.10 Å². The van der Waals surface area contributed by atoms with Crippen molar-refractivity contribution in [3.63, 3.8) is 0 Å². The molecule has 0 saturated carbocycles. The van der Waals surface area contributed by atoms with E-state index >= 15 is 0 Å². The van der Waals surface area contributed by atoms with Crippen LogP contribution in [0.3, 0.4) is 0 Å². The zero-order chi connectivity index (χ0) is 11.9. The molecule has 0 aromatic heterocycles.